The van der Waals surface area contributed by atoms with Crippen LogP contribution >= 0.6 is 11.8 Å². The van der Waals surface area contributed by atoms with Crippen LogP contribution < -0.4 is 5.32 Å². The molecule has 2 unspecified atom stereocenters. The molecule has 0 aromatic heterocycles. The van der Waals surface area contributed by atoms with Crippen molar-refractivity contribution in [1.82, 2.24) is 5.32 Å². The Morgan fingerprint density at radius 3 is 2.25 bits per heavy atom. The minimum Gasteiger partial charge on any atom is -0.481 e. The van der Waals surface area contributed by atoms with Gasteiger partial charge in [-0.05, 0) is 12.8 Å². The predicted molar refractivity (Wildman–Crippen MR) is 66.6 cm³/mol. The number of carbonyl (C=O) groups is 2. The number of carboxylic acid groups (broad SMARTS) is 1. The van der Waals surface area contributed by atoms with E-state index in [1.807, 2.05) is 13.8 Å². The molecule has 0 saturated carbocycles. The van der Waals surface area contributed by atoms with Gasteiger partial charge in [0.15, 0.2) is 0 Å². The number of hydrogen-bond acceptors (Lipinski definition) is 3. The van der Waals surface area contributed by atoms with Crippen LogP contribution in [0.1, 0.15) is 27.7 Å². The Morgan fingerprint density at radius 2 is 1.81 bits per heavy atom. The second-order valence-electron chi connectivity index (χ2n) is 4.35. The minimum atomic E-state index is -0.817. The molecule has 0 fully saturated rings. The highest BCUT2D eigenvalue weighted by atomic mass is 32.2. The lowest BCUT2D eigenvalue weighted by Gasteiger charge is -2.14. The molecule has 0 aromatic carbocycles. The molecule has 2 atom stereocenters. The van der Waals surface area contributed by atoms with Gasteiger partial charge in [0.25, 0.3) is 0 Å². The Kier molecular flexibility index (Phi) is 7.21. The predicted octanol–water partition coefficient (Wildman–Crippen LogP) is 1.60. The molecule has 2 N–H and O–H groups in total. The van der Waals surface area contributed by atoms with Gasteiger partial charge in [0.05, 0.1) is 11.2 Å². The van der Waals surface area contributed by atoms with E-state index in [9.17, 15) is 9.59 Å². The van der Waals surface area contributed by atoms with Gasteiger partial charge >= 0.3 is 5.97 Å². The van der Waals surface area contributed by atoms with Crippen molar-refractivity contribution in [1.29, 1.82) is 0 Å². The smallest absolute Gasteiger partial charge is 0.307 e. The van der Waals surface area contributed by atoms with Crippen LogP contribution in [-0.2, 0) is 9.59 Å². The molecule has 0 saturated heterocycles. The summed E-state index contributed by atoms with van der Waals surface area (Å²) in [6.45, 7) is 8.18. The van der Waals surface area contributed by atoms with E-state index < -0.39 is 11.9 Å². The van der Waals surface area contributed by atoms with Gasteiger partial charge in [0, 0.05) is 12.3 Å². The van der Waals surface area contributed by atoms with Crippen molar-refractivity contribution >= 4 is 23.6 Å². The molecule has 16 heavy (non-hydrogen) atoms. The molecule has 0 bridgehead atoms. The lowest BCUT2D eigenvalue weighted by Crippen LogP contribution is -2.34. The molecule has 0 rings (SSSR count). The zero-order valence-electron chi connectivity index (χ0n) is 10.3. The minimum absolute atomic E-state index is 0.0173. The fraction of sp³-hybridized carbons (Fsp3) is 0.818. The first-order valence-corrected chi connectivity index (χ1v) is 6.51. The number of amides is 1. The van der Waals surface area contributed by atoms with Gasteiger partial charge < -0.3 is 10.4 Å². The average molecular weight is 247 g/mol. The number of thioether (sulfide) groups is 1. The van der Waals surface area contributed by atoms with Crippen LogP contribution in [0.5, 0.6) is 0 Å². The van der Waals surface area contributed by atoms with Crippen LogP contribution in [0.4, 0.5) is 0 Å². The summed E-state index contributed by atoms with van der Waals surface area (Å²) in [7, 11) is 0. The molecular formula is C11H21NO3S. The Hall–Kier alpha value is -0.710. The zero-order valence-corrected chi connectivity index (χ0v) is 11.1. The van der Waals surface area contributed by atoms with Crippen molar-refractivity contribution in [2.45, 2.75) is 32.9 Å². The normalized spacial score (nSPS) is 14.6. The summed E-state index contributed by atoms with van der Waals surface area (Å²) < 4.78 is 0. The summed E-state index contributed by atoms with van der Waals surface area (Å²) >= 11 is 1.38. The molecule has 0 aliphatic heterocycles. The molecule has 5 heteroatoms. The third-order valence-electron chi connectivity index (χ3n) is 2.07. The van der Waals surface area contributed by atoms with E-state index in [4.69, 9.17) is 5.11 Å². The van der Waals surface area contributed by atoms with Gasteiger partial charge in [-0.2, -0.15) is 0 Å². The van der Waals surface area contributed by atoms with E-state index >= 15 is 0 Å². The molecule has 0 aliphatic rings. The first kappa shape index (κ1) is 15.3. The highest BCUT2D eigenvalue weighted by Crippen LogP contribution is 2.15. The lowest BCUT2D eigenvalue weighted by molar-refractivity contribution is -0.140. The van der Waals surface area contributed by atoms with E-state index in [1.165, 1.54) is 11.8 Å². The Bertz CT molecular complexity index is 243. The van der Waals surface area contributed by atoms with Gasteiger partial charge in [-0.1, -0.05) is 20.8 Å². The van der Waals surface area contributed by atoms with E-state index in [0.29, 0.717) is 18.2 Å². The van der Waals surface area contributed by atoms with Crippen LogP contribution in [0, 0.1) is 11.8 Å². The van der Waals surface area contributed by atoms with E-state index in [1.54, 1.807) is 13.8 Å². The Balaban J connectivity index is 3.83. The van der Waals surface area contributed by atoms with E-state index in [2.05, 4.69) is 5.32 Å². The van der Waals surface area contributed by atoms with E-state index in [0.717, 1.165) is 0 Å². The molecule has 0 spiro atoms. The second-order valence-corrected chi connectivity index (χ2v) is 5.73. The van der Waals surface area contributed by atoms with Crippen molar-refractivity contribution in [2.75, 3.05) is 12.3 Å². The van der Waals surface area contributed by atoms with Crippen molar-refractivity contribution in [2.24, 2.45) is 11.8 Å². The van der Waals surface area contributed by atoms with E-state index in [-0.39, 0.29) is 11.2 Å². The average Bonchev–Trinajstić information content (AvgIpc) is 2.21. The lowest BCUT2D eigenvalue weighted by atomic mass is 10.2. The molecule has 1 amide bonds. The summed E-state index contributed by atoms with van der Waals surface area (Å²) in [6.07, 6.45) is 0. The number of aliphatic carboxylic acids is 1. The maximum Gasteiger partial charge on any atom is 0.307 e. The van der Waals surface area contributed by atoms with Crippen LogP contribution in [0.3, 0.4) is 0 Å². The van der Waals surface area contributed by atoms with Crippen LogP contribution in [-0.4, -0.2) is 34.5 Å². The summed E-state index contributed by atoms with van der Waals surface area (Å²) in [4.78, 5) is 22.1. The first-order valence-electron chi connectivity index (χ1n) is 5.46. The monoisotopic (exact) mass is 247 g/mol. The molecule has 0 radical (unpaired) electrons. The highest BCUT2D eigenvalue weighted by molar-refractivity contribution is 8.00. The quantitative estimate of drug-likeness (QED) is 0.717. The number of carboxylic acids is 1. The van der Waals surface area contributed by atoms with Crippen molar-refractivity contribution in [3.05, 3.63) is 0 Å². The maximum absolute atomic E-state index is 11.6. The molecule has 0 aliphatic carbocycles. The molecule has 0 aromatic rings. The van der Waals surface area contributed by atoms with Crippen LogP contribution in [0.15, 0.2) is 0 Å². The van der Waals surface area contributed by atoms with Crippen molar-refractivity contribution in [3.8, 4) is 0 Å². The third kappa shape index (κ3) is 6.71. The summed E-state index contributed by atoms with van der Waals surface area (Å²) in [6, 6.07) is 0. The molecule has 94 valence electrons. The summed E-state index contributed by atoms with van der Waals surface area (Å²) in [5.41, 5.74) is 0. The number of carbonyl (C=O) groups excluding carboxylic acids is 1. The summed E-state index contributed by atoms with van der Waals surface area (Å²) in [5, 5.41) is 11.3. The molecular weight excluding hydrogens is 226 g/mol. The van der Waals surface area contributed by atoms with Crippen LogP contribution in [0.2, 0.25) is 0 Å². The largest absolute Gasteiger partial charge is 0.481 e. The SMILES string of the molecule is CC(C)CNC(=O)C(C)SCC(C)C(=O)O. The van der Waals surface area contributed by atoms with Crippen molar-refractivity contribution < 1.29 is 14.7 Å². The first-order chi connectivity index (χ1) is 7.34. The number of nitrogens with one attached hydrogen (secondary N) is 1. The Morgan fingerprint density at radius 1 is 1.25 bits per heavy atom. The maximum atomic E-state index is 11.6. The van der Waals surface area contributed by atoms with Crippen LogP contribution in [0.25, 0.3) is 0 Å². The standard InChI is InChI=1S/C11H21NO3S/c1-7(2)5-12-10(13)9(4)16-6-8(3)11(14)15/h7-9H,5-6H2,1-4H3,(H,12,13)(H,14,15). The Labute approximate surface area is 101 Å². The second kappa shape index (κ2) is 7.54. The third-order valence-corrected chi connectivity index (χ3v) is 3.48. The summed E-state index contributed by atoms with van der Waals surface area (Å²) in [5.74, 6) is -0.353. The fourth-order valence-electron chi connectivity index (χ4n) is 0.884. The fourth-order valence-corrected chi connectivity index (χ4v) is 1.84. The molecule has 4 nitrogen and oxygen atoms in total. The molecule has 0 heterocycles. The van der Waals surface area contributed by atoms with Gasteiger partial charge in [0.2, 0.25) is 5.91 Å². The van der Waals surface area contributed by atoms with Gasteiger partial charge in [-0.25, -0.2) is 0 Å². The van der Waals surface area contributed by atoms with Gasteiger partial charge in [0.1, 0.15) is 0 Å². The highest BCUT2D eigenvalue weighted by Gasteiger charge is 2.17. The van der Waals surface area contributed by atoms with Crippen molar-refractivity contribution in [3.63, 3.8) is 0 Å². The zero-order chi connectivity index (χ0) is 12.7. The number of hydrogen-bond donors (Lipinski definition) is 2. The number of rotatable bonds is 7. The van der Waals surface area contributed by atoms with Gasteiger partial charge in [-0.15, -0.1) is 11.8 Å². The van der Waals surface area contributed by atoms with Gasteiger partial charge in [-0.3, -0.25) is 9.59 Å². The topological polar surface area (TPSA) is 66.4 Å².